The van der Waals surface area contributed by atoms with Crippen molar-refractivity contribution >= 4 is 11.0 Å². The molecule has 0 aliphatic heterocycles. The molecule has 3 heteroatoms. The lowest BCUT2D eigenvalue weighted by molar-refractivity contribution is 0.301. The van der Waals surface area contributed by atoms with E-state index in [4.69, 9.17) is 4.42 Å². The minimum absolute atomic E-state index is 0.0649. The molecule has 1 aromatic carbocycles. The van der Waals surface area contributed by atoms with Crippen LogP contribution in [0.5, 0.6) is 0 Å². The van der Waals surface area contributed by atoms with E-state index in [2.05, 4.69) is 18.4 Å². The average molecular weight is 271 g/mol. The molecule has 2 rings (SSSR count). The van der Waals surface area contributed by atoms with Crippen LogP contribution in [0.4, 0.5) is 0 Å². The minimum atomic E-state index is 0.0649. The van der Waals surface area contributed by atoms with Crippen molar-refractivity contribution in [1.29, 1.82) is 0 Å². The lowest BCUT2D eigenvalue weighted by Crippen LogP contribution is -2.27. The first-order valence-electron chi connectivity index (χ1n) is 6.89. The first-order valence-corrected chi connectivity index (χ1v) is 6.89. The van der Waals surface area contributed by atoms with E-state index in [1.807, 2.05) is 32.0 Å². The molecule has 0 aliphatic carbocycles. The van der Waals surface area contributed by atoms with Crippen molar-refractivity contribution in [1.82, 2.24) is 4.90 Å². The molecule has 0 spiro atoms. The number of fused-ring (bicyclic) bond motifs is 1. The summed E-state index contributed by atoms with van der Waals surface area (Å²) >= 11 is 0. The van der Waals surface area contributed by atoms with Crippen LogP contribution in [-0.4, -0.2) is 18.0 Å². The van der Waals surface area contributed by atoms with Crippen LogP contribution >= 0.6 is 0 Å². The number of likely N-dealkylation sites (N-methyl/N-ethyl adjacent to an activating group) is 1. The Morgan fingerprint density at radius 1 is 1.40 bits per heavy atom. The summed E-state index contributed by atoms with van der Waals surface area (Å²) in [7, 11) is 0. The Labute approximate surface area is 119 Å². The summed E-state index contributed by atoms with van der Waals surface area (Å²) < 4.78 is 5.58. The SMILES string of the molecule is C=C(C)CN(CC)Cc1coc2ccc(C)cc2c1=O. The molecule has 106 valence electrons. The molecular weight excluding hydrogens is 250 g/mol. The molecular formula is C17H21NO2. The minimum Gasteiger partial charge on any atom is -0.464 e. The number of aryl methyl sites for hydroxylation is 1. The van der Waals surface area contributed by atoms with Crippen molar-refractivity contribution < 1.29 is 4.42 Å². The van der Waals surface area contributed by atoms with Gasteiger partial charge in [-0.25, -0.2) is 0 Å². The molecule has 0 fully saturated rings. The summed E-state index contributed by atoms with van der Waals surface area (Å²) in [6.45, 7) is 12.2. The zero-order valence-corrected chi connectivity index (χ0v) is 12.4. The summed E-state index contributed by atoms with van der Waals surface area (Å²) in [4.78, 5) is 14.7. The highest BCUT2D eigenvalue weighted by molar-refractivity contribution is 5.77. The lowest BCUT2D eigenvalue weighted by atomic mass is 10.1. The molecule has 1 heterocycles. The summed E-state index contributed by atoms with van der Waals surface area (Å²) in [6.07, 6.45) is 1.58. The van der Waals surface area contributed by atoms with E-state index >= 15 is 0 Å². The van der Waals surface area contributed by atoms with Gasteiger partial charge >= 0.3 is 0 Å². The second kappa shape index (κ2) is 6.06. The smallest absolute Gasteiger partial charge is 0.197 e. The van der Waals surface area contributed by atoms with E-state index in [0.717, 1.165) is 24.2 Å². The van der Waals surface area contributed by atoms with Crippen molar-refractivity contribution in [3.63, 3.8) is 0 Å². The maximum atomic E-state index is 12.5. The molecule has 0 unspecified atom stereocenters. The maximum absolute atomic E-state index is 12.5. The fraction of sp³-hybridized carbons (Fsp3) is 0.353. The molecule has 0 aliphatic rings. The normalized spacial score (nSPS) is 11.2. The zero-order valence-electron chi connectivity index (χ0n) is 12.4. The summed E-state index contributed by atoms with van der Waals surface area (Å²) in [5, 5.41) is 0.661. The van der Waals surface area contributed by atoms with Gasteiger partial charge in [-0.15, -0.1) is 0 Å². The zero-order chi connectivity index (χ0) is 14.7. The quantitative estimate of drug-likeness (QED) is 0.780. The fourth-order valence-electron chi connectivity index (χ4n) is 2.30. The van der Waals surface area contributed by atoms with Gasteiger partial charge in [0.15, 0.2) is 5.43 Å². The van der Waals surface area contributed by atoms with Gasteiger partial charge in [0.1, 0.15) is 5.58 Å². The summed E-state index contributed by atoms with van der Waals surface area (Å²) in [5.41, 5.74) is 3.57. The number of benzene rings is 1. The van der Waals surface area contributed by atoms with Gasteiger partial charge in [-0.1, -0.05) is 30.7 Å². The number of hydrogen-bond acceptors (Lipinski definition) is 3. The summed E-state index contributed by atoms with van der Waals surface area (Å²) in [6, 6.07) is 5.69. The molecule has 0 N–H and O–H groups in total. The van der Waals surface area contributed by atoms with E-state index in [9.17, 15) is 4.79 Å². The molecule has 0 atom stereocenters. The number of rotatable bonds is 5. The molecule has 3 nitrogen and oxygen atoms in total. The Balaban J connectivity index is 2.37. The van der Waals surface area contributed by atoms with Gasteiger partial charge in [0.2, 0.25) is 0 Å². The van der Waals surface area contributed by atoms with Gasteiger partial charge in [-0.3, -0.25) is 9.69 Å². The Hall–Kier alpha value is -1.87. The Morgan fingerprint density at radius 2 is 2.15 bits per heavy atom. The number of nitrogens with zero attached hydrogens (tertiary/aromatic N) is 1. The first-order chi connectivity index (χ1) is 9.51. The highest BCUT2D eigenvalue weighted by Gasteiger charge is 2.11. The molecule has 20 heavy (non-hydrogen) atoms. The van der Waals surface area contributed by atoms with Crippen LogP contribution in [0.15, 0.2) is 45.8 Å². The molecule has 0 saturated carbocycles. The van der Waals surface area contributed by atoms with Gasteiger partial charge in [-0.2, -0.15) is 0 Å². The van der Waals surface area contributed by atoms with Gasteiger partial charge in [0.25, 0.3) is 0 Å². The van der Waals surface area contributed by atoms with Crippen molar-refractivity contribution in [2.75, 3.05) is 13.1 Å². The second-order valence-corrected chi connectivity index (χ2v) is 5.35. The fourth-order valence-corrected chi connectivity index (χ4v) is 2.30. The predicted molar refractivity (Wildman–Crippen MR) is 83.0 cm³/mol. The van der Waals surface area contributed by atoms with Crippen LogP contribution in [0.2, 0.25) is 0 Å². The van der Waals surface area contributed by atoms with Crippen LogP contribution in [0.3, 0.4) is 0 Å². The Kier molecular flexibility index (Phi) is 4.40. The largest absolute Gasteiger partial charge is 0.464 e. The molecule has 0 saturated heterocycles. The van der Waals surface area contributed by atoms with E-state index in [-0.39, 0.29) is 5.43 Å². The van der Waals surface area contributed by atoms with Crippen LogP contribution in [0.1, 0.15) is 25.0 Å². The van der Waals surface area contributed by atoms with Crippen LogP contribution in [0.25, 0.3) is 11.0 Å². The van der Waals surface area contributed by atoms with Gasteiger partial charge in [-0.05, 0) is 32.5 Å². The van der Waals surface area contributed by atoms with Crippen LogP contribution < -0.4 is 5.43 Å². The van der Waals surface area contributed by atoms with Gasteiger partial charge < -0.3 is 4.42 Å². The average Bonchev–Trinajstić information content (AvgIpc) is 2.41. The highest BCUT2D eigenvalue weighted by atomic mass is 16.3. The standard InChI is InChI=1S/C17H21NO2/c1-5-18(9-12(2)3)10-14-11-20-16-7-6-13(4)8-15(16)17(14)19/h6-8,11H,2,5,9-10H2,1,3-4H3. The monoisotopic (exact) mass is 271 g/mol. The highest BCUT2D eigenvalue weighted by Crippen LogP contribution is 2.14. The maximum Gasteiger partial charge on any atom is 0.197 e. The van der Waals surface area contributed by atoms with Crippen molar-refractivity contribution in [2.45, 2.75) is 27.3 Å². The third-order valence-electron chi connectivity index (χ3n) is 3.33. The van der Waals surface area contributed by atoms with Crippen LogP contribution in [0, 0.1) is 6.92 Å². The third-order valence-corrected chi connectivity index (χ3v) is 3.33. The number of hydrogen-bond donors (Lipinski definition) is 0. The Morgan fingerprint density at radius 3 is 2.80 bits per heavy atom. The van der Waals surface area contributed by atoms with Crippen molar-refractivity contribution in [3.8, 4) is 0 Å². The van der Waals surface area contributed by atoms with E-state index in [1.165, 1.54) is 0 Å². The lowest BCUT2D eigenvalue weighted by Gasteiger charge is -2.19. The first kappa shape index (κ1) is 14.5. The van der Waals surface area contributed by atoms with E-state index in [1.54, 1.807) is 6.26 Å². The van der Waals surface area contributed by atoms with Crippen molar-refractivity contribution in [3.05, 3.63) is 58.0 Å². The molecule has 0 bridgehead atoms. The topological polar surface area (TPSA) is 33.5 Å². The third kappa shape index (κ3) is 3.17. The van der Waals surface area contributed by atoms with E-state index in [0.29, 0.717) is 23.1 Å². The molecule has 2 aromatic rings. The molecule has 0 radical (unpaired) electrons. The molecule has 1 aromatic heterocycles. The summed E-state index contributed by atoms with van der Waals surface area (Å²) in [5.74, 6) is 0. The van der Waals surface area contributed by atoms with Gasteiger partial charge in [0, 0.05) is 18.7 Å². The Bertz CT molecular complexity index is 685. The predicted octanol–water partition coefficient (Wildman–Crippen LogP) is 3.50. The van der Waals surface area contributed by atoms with Crippen molar-refractivity contribution in [2.24, 2.45) is 0 Å². The second-order valence-electron chi connectivity index (χ2n) is 5.35. The van der Waals surface area contributed by atoms with Gasteiger partial charge in [0.05, 0.1) is 11.6 Å². The van der Waals surface area contributed by atoms with Crippen LogP contribution in [-0.2, 0) is 6.54 Å². The van der Waals surface area contributed by atoms with E-state index < -0.39 is 0 Å². The molecule has 0 amide bonds.